The number of aryl methyl sites for hydroxylation is 1. The Bertz CT molecular complexity index is 1140. The van der Waals surface area contributed by atoms with Crippen molar-refractivity contribution in [1.82, 2.24) is 24.6 Å². The molecule has 0 unspecified atom stereocenters. The molecule has 154 valence electrons. The topological polar surface area (TPSA) is 62.5 Å². The molecule has 1 saturated carbocycles. The minimum Gasteiger partial charge on any atom is -0.337 e. The zero-order valence-electron chi connectivity index (χ0n) is 17.4. The second kappa shape index (κ2) is 6.64. The van der Waals surface area contributed by atoms with Crippen molar-refractivity contribution in [2.75, 3.05) is 13.1 Å². The van der Waals surface area contributed by atoms with E-state index in [0.717, 1.165) is 44.6 Å². The van der Waals surface area contributed by atoms with E-state index in [4.69, 9.17) is 0 Å². The number of nitrogens with one attached hydrogen (secondary N) is 1. The first kappa shape index (κ1) is 18.1. The molecule has 1 saturated heterocycles. The van der Waals surface area contributed by atoms with Crippen LogP contribution in [0.3, 0.4) is 0 Å². The van der Waals surface area contributed by atoms with Crippen LogP contribution in [-0.4, -0.2) is 43.8 Å². The van der Waals surface area contributed by atoms with E-state index in [-0.39, 0.29) is 11.4 Å². The SMILES string of the molecule is Cc1nc2nc(C(=O)N3CCC4(CC3)Cc3ccccc3CN4)cn2cc1C1CC1. The Morgan fingerprint density at radius 2 is 1.87 bits per heavy atom. The fourth-order valence-electron chi connectivity index (χ4n) is 5.18. The van der Waals surface area contributed by atoms with Gasteiger partial charge in [0.1, 0.15) is 5.69 Å². The minimum absolute atomic E-state index is 0.0252. The first-order valence-corrected chi connectivity index (χ1v) is 11.1. The number of piperidine rings is 1. The van der Waals surface area contributed by atoms with Crippen LogP contribution in [0.2, 0.25) is 0 Å². The molecule has 0 atom stereocenters. The first-order chi connectivity index (χ1) is 14.6. The summed E-state index contributed by atoms with van der Waals surface area (Å²) in [4.78, 5) is 24.3. The van der Waals surface area contributed by atoms with Crippen molar-refractivity contribution in [3.63, 3.8) is 0 Å². The van der Waals surface area contributed by atoms with Gasteiger partial charge in [0, 0.05) is 43.3 Å². The summed E-state index contributed by atoms with van der Waals surface area (Å²) in [6.07, 6.45) is 9.45. The standard InChI is InChI=1S/C24H27N5O/c1-16-20(17-6-7-17)14-29-15-21(27-23(29)26-16)22(30)28-10-8-24(9-11-28)12-18-4-2-3-5-19(18)13-25-24/h2-5,14-15,17,25H,6-13H2,1H3. The van der Waals surface area contributed by atoms with Crippen LogP contribution in [0.25, 0.3) is 5.78 Å². The number of likely N-dealkylation sites (tertiary alicyclic amines) is 1. The Balaban J connectivity index is 1.18. The number of nitrogens with zero attached hydrogens (tertiary/aromatic N) is 4. The van der Waals surface area contributed by atoms with E-state index in [1.165, 1.54) is 29.5 Å². The van der Waals surface area contributed by atoms with Crippen molar-refractivity contribution in [2.24, 2.45) is 0 Å². The number of carbonyl (C=O) groups excluding carboxylic acids is 1. The molecule has 1 amide bonds. The summed E-state index contributed by atoms with van der Waals surface area (Å²) in [7, 11) is 0. The van der Waals surface area contributed by atoms with Gasteiger partial charge in [-0.25, -0.2) is 9.97 Å². The van der Waals surface area contributed by atoms with E-state index in [0.29, 0.717) is 17.4 Å². The average molecular weight is 402 g/mol. The molecule has 0 bridgehead atoms. The van der Waals surface area contributed by atoms with Gasteiger partial charge in [-0.15, -0.1) is 0 Å². The molecule has 2 fully saturated rings. The van der Waals surface area contributed by atoms with Gasteiger partial charge in [-0.05, 0) is 61.6 Å². The lowest BCUT2D eigenvalue weighted by Crippen LogP contribution is -2.57. The number of aromatic nitrogens is 3. The van der Waals surface area contributed by atoms with Crippen LogP contribution >= 0.6 is 0 Å². The van der Waals surface area contributed by atoms with Gasteiger partial charge in [-0.2, -0.15) is 0 Å². The maximum atomic E-state index is 13.2. The maximum Gasteiger partial charge on any atom is 0.274 e. The van der Waals surface area contributed by atoms with Gasteiger partial charge >= 0.3 is 0 Å². The van der Waals surface area contributed by atoms with Crippen molar-refractivity contribution in [2.45, 2.75) is 57.0 Å². The molecule has 1 N–H and O–H groups in total. The maximum absolute atomic E-state index is 13.2. The number of amides is 1. The third-order valence-electron chi connectivity index (χ3n) is 7.22. The van der Waals surface area contributed by atoms with Gasteiger partial charge in [-0.3, -0.25) is 9.20 Å². The number of hydrogen-bond acceptors (Lipinski definition) is 4. The summed E-state index contributed by atoms with van der Waals surface area (Å²) in [5, 5.41) is 3.77. The molecule has 2 aliphatic heterocycles. The van der Waals surface area contributed by atoms with Crippen molar-refractivity contribution >= 4 is 11.7 Å². The van der Waals surface area contributed by atoms with Gasteiger partial charge in [0.05, 0.1) is 0 Å². The van der Waals surface area contributed by atoms with E-state index in [1.807, 2.05) is 22.4 Å². The highest BCUT2D eigenvalue weighted by Gasteiger charge is 2.38. The highest BCUT2D eigenvalue weighted by molar-refractivity contribution is 5.92. The Labute approximate surface area is 176 Å². The minimum atomic E-state index is 0.0252. The van der Waals surface area contributed by atoms with Crippen LogP contribution in [0.15, 0.2) is 36.7 Å². The van der Waals surface area contributed by atoms with Crippen LogP contribution in [0.1, 0.15) is 64.5 Å². The molecule has 2 aromatic heterocycles. The predicted octanol–water partition coefficient (Wildman–Crippen LogP) is 3.24. The van der Waals surface area contributed by atoms with E-state index < -0.39 is 0 Å². The van der Waals surface area contributed by atoms with Crippen LogP contribution in [-0.2, 0) is 13.0 Å². The van der Waals surface area contributed by atoms with Gasteiger partial charge in [0.15, 0.2) is 0 Å². The normalized spacial score (nSPS) is 20.5. The fraction of sp³-hybridized carbons (Fsp3) is 0.458. The fourth-order valence-corrected chi connectivity index (χ4v) is 5.18. The second-order valence-electron chi connectivity index (χ2n) is 9.26. The van der Waals surface area contributed by atoms with Crippen molar-refractivity contribution in [1.29, 1.82) is 0 Å². The van der Waals surface area contributed by atoms with Crippen LogP contribution in [0.4, 0.5) is 0 Å². The highest BCUT2D eigenvalue weighted by atomic mass is 16.2. The van der Waals surface area contributed by atoms with Crippen molar-refractivity contribution in [3.8, 4) is 0 Å². The van der Waals surface area contributed by atoms with Crippen molar-refractivity contribution in [3.05, 3.63) is 64.7 Å². The number of benzene rings is 1. The van der Waals surface area contributed by atoms with Gasteiger partial charge in [0.2, 0.25) is 5.78 Å². The summed E-state index contributed by atoms with van der Waals surface area (Å²) in [6, 6.07) is 8.70. The Hall–Kier alpha value is -2.73. The lowest BCUT2D eigenvalue weighted by atomic mass is 9.78. The number of carbonyl (C=O) groups is 1. The zero-order chi connectivity index (χ0) is 20.3. The molecule has 3 aromatic rings. The van der Waals surface area contributed by atoms with E-state index >= 15 is 0 Å². The van der Waals surface area contributed by atoms with E-state index in [9.17, 15) is 4.79 Å². The van der Waals surface area contributed by atoms with Gasteiger partial charge in [0.25, 0.3) is 5.91 Å². The monoisotopic (exact) mass is 401 g/mol. The molecule has 30 heavy (non-hydrogen) atoms. The Kier molecular flexibility index (Phi) is 4.00. The summed E-state index contributed by atoms with van der Waals surface area (Å²) in [5.74, 6) is 1.28. The molecule has 6 heteroatoms. The molecule has 3 aliphatic rings. The molecule has 6 nitrogen and oxygen atoms in total. The summed E-state index contributed by atoms with van der Waals surface area (Å²) in [5.41, 5.74) is 5.80. The van der Waals surface area contributed by atoms with Crippen LogP contribution < -0.4 is 5.32 Å². The summed E-state index contributed by atoms with van der Waals surface area (Å²) >= 11 is 0. The highest BCUT2D eigenvalue weighted by Crippen LogP contribution is 2.41. The molecule has 1 spiro atoms. The van der Waals surface area contributed by atoms with Crippen LogP contribution in [0.5, 0.6) is 0 Å². The van der Waals surface area contributed by atoms with Crippen LogP contribution in [0, 0.1) is 6.92 Å². The number of imidazole rings is 1. The molecule has 1 aliphatic carbocycles. The molecule has 4 heterocycles. The lowest BCUT2D eigenvalue weighted by Gasteiger charge is -2.45. The van der Waals surface area contributed by atoms with Crippen molar-refractivity contribution < 1.29 is 4.79 Å². The molecule has 0 radical (unpaired) electrons. The molecule has 1 aromatic carbocycles. The number of rotatable bonds is 2. The first-order valence-electron chi connectivity index (χ1n) is 11.1. The average Bonchev–Trinajstić information content (AvgIpc) is 3.52. The second-order valence-corrected chi connectivity index (χ2v) is 9.26. The third kappa shape index (κ3) is 3.01. The smallest absolute Gasteiger partial charge is 0.274 e. The lowest BCUT2D eigenvalue weighted by molar-refractivity contribution is 0.0626. The Morgan fingerprint density at radius 1 is 1.10 bits per heavy atom. The summed E-state index contributed by atoms with van der Waals surface area (Å²) < 4.78 is 1.93. The van der Waals surface area contributed by atoms with Gasteiger partial charge in [-0.1, -0.05) is 24.3 Å². The zero-order valence-corrected chi connectivity index (χ0v) is 17.4. The molecule has 6 rings (SSSR count). The number of fused-ring (bicyclic) bond motifs is 2. The Morgan fingerprint density at radius 3 is 2.63 bits per heavy atom. The largest absolute Gasteiger partial charge is 0.337 e. The summed E-state index contributed by atoms with van der Waals surface area (Å²) in [6.45, 7) is 4.50. The molecular formula is C24H27N5O. The third-order valence-corrected chi connectivity index (χ3v) is 7.22. The quantitative estimate of drug-likeness (QED) is 0.716. The van der Waals surface area contributed by atoms with E-state index in [1.54, 1.807) is 0 Å². The number of hydrogen-bond donors (Lipinski definition) is 1. The van der Waals surface area contributed by atoms with Gasteiger partial charge < -0.3 is 10.2 Å². The predicted molar refractivity (Wildman–Crippen MR) is 115 cm³/mol. The molecular weight excluding hydrogens is 374 g/mol. The van der Waals surface area contributed by atoms with E-state index in [2.05, 4.69) is 45.7 Å².